The van der Waals surface area contributed by atoms with Gasteiger partial charge in [-0.25, -0.2) is 0 Å². The van der Waals surface area contributed by atoms with Gasteiger partial charge in [-0.3, -0.25) is 0 Å². The molecule has 0 amide bonds. The topological polar surface area (TPSA) is 35.5 Å². The number of nitrogens with zero attached hydrogens (tertiary/aromatic N) is 1. The zero-order valence-electron chi connectivity index (χ0n) is 13.2. The molecule has 0 spiro atoms. The zero-order chi connectivity index (χ0) is 14.1. The maximum absolute atomic E-state index is 9.53. The average molecular weight is 270 g/mol. The van der Waals surface area contributed by atoms with E-state index in [0.29, 0.717) is 0 Å². The highest BCUT2D eigenvalue weighted by molar-refractivity contribution is 4.85. The van der Waals surface area contributed by atoms with Crippen LogP contribution in [0.25, 0.3) is 0 Å². The Morgan fingerprint density at radius 3 is 2.42 bits per heavy atom. The lowest BCUT2D eigenvalue weighted by atomic mass is 9.95. The summed E-state index contributed by atoms with van der Waals surface area (Å²) >= 11 is 0. The Hall–Kier alpha value is -0.120. The molecule has 1 atom stereocenters. The summed E-state index contributed by atoms with van der Waals surface area (Å²) in [5.74, 6) is 0. The van der Waals surface area contributed by atoms with Gasteiger partial charge in [0.25, 0.3) is 0 Å². The van der Waals surface area contributed by atoms with Gasteiger partial charge in [0.1, 0.15) is 0 Å². The Morgan fingerprint density at radius 1 is 1.16 bits per heavy atom. The Balaban J connectivity index is 2.16. The van der Waals surface area contributed by atoms with E-state index in [1.165, 1.54) is 45.2 Å². The second kappa shape index (κ2) is 8.93. The van der Waals surface area contributed by atoms with E-state index in [1.807, 2.05) is 0 Å². The first-order valence-corrected chi connectivity index (χ1v) is 8.25. The fraction of sp³-hybridized carbons (Fsp3) is 1.00. The van der Waals surface area contributed by atoms with Gasteiger partial charge in [0.2, 0.25) is 0 Å². The van der Waals surface area contributed by atoms with Crippen LogP contribution in [-0.4, -0.2) is 47.8 Å². The number of rotatable bonds is 12. The van der Waals surface area contributed by atoms with Crippen molar-refractivity contribution in [3.63, 3.8) is 0 Å². The lowest BCUT2D eigenvalue weighted by molar-refractivity contribution is 0.160. The summed E-state index contributed by atoms with van der Waals surface area (Å²) in [4.78, 5) is 2.66. The van der Waals surface area contributed by atoms with Crippen LogP contribution in [0.4, 0.5) is 0 Å². The molecule has 0 radical (unpaired) electrons. The lowest BCUT2D eigenvalue weighted by Gasteiger charge is -2.29. The molecule has 1 rings (SSSR count). The summed E-state index contributed by atoms with van der Waals surface area (Å²) in [7, 11) is 0. The van der Waals surface area contributed by atoms with Gasteiger partial charge in [-0.05, 0) is 65.1 Å². The summed E-state index contributed by atoms with van der Waals surface area (Å²) in [6.07, 6.45) is 8.76. The Kier molecular flexibility index (Phi) is 7.96. The maximum Gasteiger partial charge on any atom is 0.0610 e. The number of nitrogens with one attached hydrogen (secondary N) is 1. The van der Waals surface area contributed by atoms with E-state index < -0.39 is 0 Å². The van der Waals surface area contributed by atoms with Gasteiger partial charge in [0.15, 0.2) is 0 Å². The third-order valence-corrected chi connectivity index (χ3v) is 4.15. The van der Waals surface area contributed by atoms with Crippen molar-refractivity contribution in [1.82, 2.24) is 10.2 Å². The second-order valence-electron chi connectivity index (χ2n) is 6.37. The third-order valence-electron chi connectivity index (χ3n) is 4.15. The van der Waals surface area contributed by atoms with Crippen molar-refractivity contribution in [2.45, 2.75) is 77.3 Å². The molecule has 0 aromatic carbocycles. The largest absolute Gasteiger partial charge is 0.394 e. The molecule has 0 saturated heterocycles. The Bertz CT molecular complexity index is 231. The maximum atomic E-state index is 9.53. The first kappa shape index (κ1) is 16.9. The molecule has 114 valence electrons. The molecule has 1 aliphatic carbocycles. The summed E-state index contributed by atoms with van der Waals surface area (Å²) in [6, 6.07) is 0.891. The van der Waals surface area contributed by atoms with Crippen molar-refractivity contribution < 1.29 is 5.11 Å². The van der Waals surface area contributed by atoms with Crippen LogP contribution in [0.3, 0.4) is 0 Å². The molecule has 19 heavy (non-hydrogen) atoms. The Morgan fingerprint density at radius 2 is 1.89 bits per heavy atom. The third kappa shape index (κ3) is 6.73. The highest BCUT2D eigenvalue weighted by atomic mass is 16.3. The van der Waals surface area contributed by atoms with Crippen LogP contribution in [0.1, 0.15) is 65.7 Å². The van der Waals surface area contributed by atoms with Gasteiger partial charge >= 0.3 is 0 Å². The minimum Gasteiger partial charge on any atom is -0.394 e. The van der Waals surface area contributed by atoms with E-state index >= 15 is 0 Å². The molecule has 1 unspecified atom stereocenters. The van der Waals surface area contributed by atoms with E-state index in [9.17, 15) is 5.11 Å². The summed E-state index contributed by atoms with van der Waals surface area (Å²) in [6.45, 7) is 10.3. The molecule has 1 aliphatic rings. The van der Waals surface area contributed by atoms with Crippen molar-refractivity contribution in [2.24, 2.45) is 0 Å². The number of hydrogen-bond donors (Lipinski definition) is 2. The minimum absolute atomic E-state index is 0.0782. The number of aliphatic hydroxyl groups is 1. The number of hydrogen-bond acceptors (Lipinski definition) is 3. The number of unbranched alkanes of at least 4 members (excludes halogenated alkanes) is 1. The summed E-state index contributed by atoms with van der Waals surface area (Å²) in [5.41, 5.74) is -0.0782. The highest BCUT2D eigenvalue weighted by Gasteiger charge is 2.28. The minimum atomic E-state index is -0.0782. The van der Waals surface area contributed by atoms with E-state index in [-0.39, 0.29) is 12.1 Å². The predicted molar refractivity (Wildman–Crippen MR) is 82.5 cm³/mol. The van der Waals surface area contributed by atoms with Crippen molar-refractivity contribution in [2.75, 3.05) is 26.2 Å². The van der Waals surface area contributed by atoms with Gasteiger partial charge in [0.05, 0.1) is 6.61 Å². The lowest BCUT2D eigenvalue weighted by Crippen LogP contribution is -2.46. The van der Waals surface area contributed by atoms with Crippen LogP contribution in [0.5, 0.6) is 0 Å². The second-order valence-corrected chi connectivity index (χ2v) is 6.37. The molecular weight excluding hydrogens is 236 g/mol. The van der Waals surface area contributed by atoms with E-state index in [4.69, 9.17) is 0 Å². The zero-order valence-corrected chi connectivity index (χ0v) is 13.2. The van der Waals surface area contributed by atoms with Crippen LogP contribution in [0, 0.1) is 0 Å². The highest BCUT2D eigenvalue weighted by Crippen LogP contribution is 2.27. The van der Waals surface area contributed by atoms with Crippen LogP contribution >= 0.6 is 0 Å². The van der Waals surface area contributed by atoms with Gasteiger partial charge in [-0.1, -0.05) is 20.3 Å². The fourth-order valence-corrected chi connectivity index (χ4v) is 2.68. The van der Waals surface area contributed by atoms with Crippen LogP contribution in [0.2, 0.25) is 0 Å². The van der Waals surface area contributed by atoms with Gasteiger partial charge in [-0.15, -0.1) is 0 Å². The van der Waals surface area contributed by atoms with Crippen LogP contribution < -0.4 is 5.32 Å². The molecule has 3 nitrogen and oxygen atoms in total. The molecule has 3 heteroatoms. The van der Waals surface area contributed by atoms with Crippen molar-refractivity contribution >= 4 is 0 Å². The monoisotopic (exact) mass is 270 g/mol. The molecule has 2 N–H and O–H groups in total. The van der Waals surface area contributed by atoms with E-state index in [2.05, 4.69) is 31.0 Å². The average Bonchev–Trinajstić information content (AvgIpc) is 3.24. The standard InChI is InChI=1S/C16H34N2O/c1-4-11-17-16(3,14-19)10-6-7-13-18(12-5-2)15-8-9-15/h15,17,19H,4-14H2,1-3H3. The summed E-state index contributed by atoms with van der Waals surface area (Å²) < 4.78 is 0. The van der Waals surface area contributed by atoms with Crippen LogP contribution in [0.15, 0.2) is 0 Å². The molecule has 0 bridgehead atoms. The Labute approximate surface area is 119 Å². The number of aliphatic hydroxyl groups excluding tert-OH is 1. The van der Waals surface area contributed by atoms with E-state index in [1.54, 1.807) is 0 Å². The van der Waals surface area contributed by atoms with Crippen molar-refractivity contribution in [1.29, 1.82) is 0 Å². The van der Waals surface area contributed by atoms with Gasteiger partial charge in [-0.2, -0.15) is 0 Å². The van der Waals surface area contributed by atoms with Gasteiger partial charge in [0, 0.05) is 11.6 Å². The van der Waals surface area contributed by atoms with Crippen LogP contribution in [-0.2, 0) is 0 Å². The fourth-order valence-electron chi connectivity index (χ4n) is 2.68. The van der Waals surface area contributed by atoms with Gasteiger partial charge < -0.3 is 15.3 Å². The molecule has 1 fully saturated rings. The quantitative estimate of drug-likeness (QED) is 0.535. The molecule has 0 aromatic heterocycles. The van der Waals surface area contributed by atoms with Crippen molar-refractivity contribution in [3.05, 3.63) is 0 Å². The predicted octanol–water partition coefficient (Wildman–Crippen LogP) is 2.78. The first-order chi connectivity index (χ1) is 9.15. The SMILES string of the molecule is CCCNC(C)(CO)CCCCN(CCC)C1CC1. The molecule has 0 aliphatic heterocycles. The normalized spacial score (nSPS) is 18.8. The van der Waals surface area contributed by atoms with Crippen molar-refractivity contribution in [3.8, 4) is 0 Å². The smallest absolute Gasteiger partial charge is 0.0610 e. The molecule has 1 saturated carbocycles. The summed E-state index contributed by atoms with van der Waals surface area (Å²) in [5, 5.41) is 13.0. The first-order valence-electron chi connectivity index (χ1n) is 8.25. The molecular formula is C16H34N2O. The molecule has 0 heterocycles. The van der Waals surface area contributed by atoms with E-state index in [0.717, 1.165) is 25.4 Å². The molecule has 0 aromatic rings.